The molecule has 1 aliphatic heterocycles. The third kappa shape index (κ3) is 4.94. The highest BCUT2D eigenvalue weighted by Crippen LogP contribution is 2.16. The summed E-state index contributed by atoms with van der Waals surface area (Å²) in [5.74, 6) is 0. The molecule has 24 heavy (non-hydrogen) atoms. The maximum Gasteiger partial charge on any atom is 0.173 e. The molecule has 1 fully saturated rings. The molecule has 1 heterocycles. The predicted octanol–water partition coefficient (Wildman–Crippen LogP) is 4.24. The van der Waals surface area contributed by atoms with E-state index in [1.165, 1.54) is 5.56 Å². The highest BCUT2D eigenvalue weighted by atomic mass is 35.5. The first kappa shape index (κ1) is 17.2. The molecule has 5 heteroatoms. The van der Waals surface area contributed by atoms with E-state index in [1.807, 2.05) is 24.3 Å². The average Bonchev–Trinajstić information content (AvgIpc) is 2.81. The lowest BCUT2D eigenvalue weighted by molar-refractivity contribution is 0.278. The van der Waals surface area contributed by atoms with Crippen LogP contribution in [0.15, 0.2) is 54.6 Å². The van der Waals surface area contributed by atoms with Crippen molar-refractivity contribution in [2.24, 2.45) is 0 Å². The van der Waals surface area contributed by atoms with E-state index in [9.17, 15) is 0 Å². The summed E-state index contributed by atoms with van der Waals surface area (Å²) in [5, 5.41) is 4.79. The van der Waals surface area contributed by atoms with Crippen LogP contribution in [0.4, 0.5) is 5.69 Å². The van der Waals surface area contributed by atoms with Crippen molar-refractivity contribution in [2.45, 2.75) is 13.0 Å². The van der Waals surface area contributed by atoms with Crippen LogP contribution in [0.25, 0.3) is 0 Å². The number of nitrogens with zero attached hydrogens (tertiary/aromatic N) is 2. The minimum atomic E-state index is 0.715. The van der Waals surface area contributed by atoms with Crippen molar-refractivity contribution < 1.29 is 0 Å². The van der Waals surface area contributed by atoms with E-state index in [1.54, 1.807) is 0 Å². The quantitative estimate of drug-likeness (QED) is 0.825. The third-order valence-corrected chi connectivity index (χ3v) is 4.80. The summed E-state index contributed by atoms with van der Waals surface area (Å²) in [4.78, 5) is 4.75. The molecule has 3 rings (SSSR count). The number of halogens is 1. The van der Waals surface area contributed by atoms with Crippen LogP contribution < -0.4 is 5.32 Å². The van der Waals surface area contributed by atoms with E-state index in [4.69, 9.17) is 23.8 Å². The topological polar surface area (TPSA) is 18.5 Å². The molecule has 1 aliphatic rings. The number of nitrogens with one attached hydrogen (secondary N) is 1. The molecule has 1 N–H and O–H groups in total. The molecule has 0 unspecified atom stereocenters. The molecule has 0 spiro atoms. The lowest BCUT2D eigenvalue weighted by atomic mass is 10.2. The molecule has 0 radical (unpaired) electrons. The van der Waals surface area contributed by atoms with Crippen molar-refractivity contribution in [2.75, 3.05) is 31.5 Å². The molecule has 2 aromatic carbocycles. The zero-order chi connectivity index (χ0) is 16.8. The molecular weight excluding hydrogens is 338 g/mol. The summed E-state index contributed by atoms with van der Waals surface area (Å²) in [6.45, 7) is 5.05. The Morgan fingerprint density at radius 1 is 1.00 bits per heavy atom. The van der Waals surface area contributed by atoms with Crippen LogP contribution in [0.3, 0.4) is 0 Å². The fraction of sp³-hybridized carbons (Fsp3) is 0.316. The molecule has 3 nitrogen and oxygen atoms in total. The van der Waals surface area contributed by atoms with E-state index < -0.39 is 0 Å². The summed E-state index contributed by atoms with van der Waals surface area (Å²) < 4.78 is 0. The highest BCUT2D eigenvalue weighted by molar-refractivity contribution is 7.80. The smallest absolute Gasteiger partial charge is 0.173 e. The highest BCUT2D eigenvalue weighted by Gasteiger charge is 2.17. The lowest BCUT2D eigenvalue weighted by Crippen LogP contribution is -2.37. The van der Waals surface area contributed by atoms with Crippen molar-refractivity contribution in [3.05, 3.63) is 65.2 Å². The van der Waals surface area contributed by atoms with E-state index in [0.29, 0.717) is 5.02 Å². The summed E-state index contributed by atoms with van der Waals surface area (Å²) >= 11 is 11.6. The standard InChI is InChI=1S/C19H22ClN3S/c20-17-8-4-9-18(14-17)21-19(24)23-11-5-10-22(12-13-23)15-16-6-2-1-3-7-16/h1-4,6-9,14H,5,10-13,15H2,(H,21,24). The van der Waals surface area contributed by atoms with Crippen LogP contribution in [0.5, 0.6) is 0 Å². The minimum Gasteiger partial charge on any atom is -0.348 e. The van der Waals surface area contributed by atoms with Gasteiger partial charge in [0.2, 0.25) is 0 Å². The molecule has 1 saturated heterocycles. The average molecular weight is 360 g/mol. The SMILES string of the molecule is S=C(Nc1cccc(Cl)c1)N1CCCN(Cc2ccccc2)CC1. The number of thiocarbonyl (C=S) groups is 1. The normalized spacial score (nSPS) is 15.8. The molecular formula is C19H22ClN3S. The van der Waals surface area contributed by atoms with E-state index >= 15 is 0 Å². The van der Waals surface area contributed by atoms with Crippen LogP contribution in [-0.4, -0.2) is 41.1 Å². The van der Waals surface area contributed by atoms with Crippen LogP contribution in [0, 0.1) is 0 Å². The molecule has 0 atom stereocenters. The first-order valence-electron chi connectivity index (χ1n) is 8.28. The molecule has 126 valence electrons. The number of rotatable bonds is 3. The molecule has 0 amide bonds. The van der Waals surface area contributed by atoms with Gasteiger partial charge in [-0.1, -0.05) is 48.0 Å². The Morgan fingerprint density at radius 2 is 1.83 bits per heavy atom. The maximum atomic E-state index is 6.03. The fourth-order valence-electron chi connectivity index (χ4n) is 2.94. The Balaban J connectivity index is 1.54. The van der Waals surface area contributed by atoms with Gasteiger partial charge in [-0.2, -0.15) is 0 Å². The summed E-state index contributed by atoms with van der Waals surface area (Å²) in [6, 6.07) is 18.3. The van der Waals surface area contributed by atoms with Crippen molar-refractivity contribution >= 4 is 34.6 Å². The fourth-order valence-corrected chi connectivity index (χ4v) is 3.43. The van der Waals surface area contributed by atoms with Gasteiger partial charge in [0.05, 0.1) is 0 Å². The van der Waals surface area contributed by atoms with Gasteiger partial charge in [-0.3, -0.25) is 4.90 Å². The third-order valence-electron chi connectivity index (χ3n) is 4.20. The Kier molecular flexibility index (Phi) is 6.07. The van der Waals surface area contributed by atoms with Gasteiger partial charge in [0.25, 0.3) is 0 Å². The zero-order valence-corrected chi connectivity index (χ0v) is 15.2. The molecule has 0 saturated carbocycles. The van der Waals surface area contributed by atoms with Gasteiger partial charge in [-0.25, -0.2) is 0 Å². The largest absolute Gasteiger partial charge is 0.348 e. The zero-order valence-electron chi connectivity index (χ0n) is 13.6. The molecule has 0 aromatic heterocycles. The number of hydrogen-bond acceptors (Lipinski definition) is 2. The second-order valence-electron chi connectivity index (χ2n) is 6.04. The molecule has 0 aliphatic carbocycles. The Morgan fingerprint density at radius 3 is 2.62 bits per heavy atom. The predicted molar refractivity (Wildman–Crippen MR) is 106 cm³/mol. The maximum absolute atomic E-state index is 6.03. The Hall–Kier alpha value is -1.62. The van der Waals surface area contributed by atoms with Gasteiger partial charge < -0.3 is 10.2 Å². The second-order valence-corrected chi connectivity index (χ2v) is 6.87. The van der Waals surface area contributed by atoms with Crippen molar-refractivity contribution in [1.82, 2.24) is 9.80 Å². The van der Waals surface area contributed by atoms with Crippen LogP contribution in [0.2, 0.25) is 5.02 Å². The summed E-state index contributed by atoms with van der Waals surface area (Å²) in [6.07, 6.45) is 1.12. The van der Waals surface area contributed by atoms with Gasteiger partial charge in [0.1, 0.15) is 0 Å². The van der Waals surface area contributed by atoms with Crippen LogP contribution in [-0.2, 0) is 6.54 Å². The van der Waals surface area contributed by atoms with Crippen LogP contribution >= 0.6 is 23.8 Å². The Labute approximate surface area is 154 Å². The van der Waals surface area contributed by atoms with Gasteiger partial charge in [0.15, 0.2) is 5.11 Å². The minimum absolute atomic E-state index is 0.715. The summed E-state index contributed by atoms with van der Waals surface area (Å²) in [7, 11) is 0. The Bertz CT molecular complexity index is 677. The van der Waals surface area contributed by atoms with Gasteiger partial charge >= 0.3 is 0 Å². The van der Waals surface area contributed by atoms with Gasteiger partial charge in [-0.05, 0) is 42.4 Å². The van der Waals surface area contributed by atoms with Crippen molar-refractivity contribution in [3.63, 3.8) is 0 Å². The van der Waals surface area contributed by atoms with E-state index in [2.05, 4.69) is 45.4 Å². The lowest BCUT2D eigenvalue weighted by Gasteiger charge is -2.24. The first-order valence-corrected chi connectivity index (χ1v) is 9.07. The molecule has 0 bridgehead atoms. The molecule has 2 aromatic rings. The van der Waals surface area contributed by atoms with E-state index in [-0.39, 0.29) is 0 Å². The summed E-state index contributed by atoms with van der Waals surface area (Å²) in [5.41, 5.74) is 2.31. The van der Waals surface area contributed by atoms with Crippen molar-refractivity contribution in [1.29, 1.82) is 0 Å². The van der Waals surface area contributed by atoms with Gasteiger partial charge in [-0.15, -0.1) is 0 Å². The van der Waals surface area contributed by atoms with Gasteiger partial charge in [0, 0.05) is 43.4 Å². The first-order chi connectivity index (χ1) is 11.7. The number of anilines is 1. The van der Waals surface area contributed by atoms with Crippen molar-refractivity contribution in [3.8, 4) is 0 Å². The van der Waals surface area contributed by atoms with E-state index in [0.717, 1.165) is 49.9 Å². The number of benzene rings is 2. The van der Waals surface area contributed by atoms with Crippen LogP contribution in [0.1, 0.15) is 12.0 Å². The monoisotopic (exact) mass is 359 g/mol. The number of hydrogen-bond donors (Lipinski definition) is 1. The second kappa shape index (κ2) is 8.47.